The van der Waals surface area contributed by atoms with Crippen molar-refractivity contribution in [3.8, 4) is 0 Å². The fourth-order valence-electron chi connectivity index (χ4n) is 1.19. The highest BCUT2D eigenvalue weighted by atomic mass is 16.4. The summed E-state index contributed by atoms with van der Waals surface area (Å²) in [4.78, 5) is 20.0. The summed E-state index contributed by atoms with van der Waals surface area (Å²) in [6, 6.07) is 0. The molecule has 0 heterocycles. The molecule has 0 aromatic rings. The predicted molar refractivity (Wildman–Crippen MR) is 70.3 cm³/mol. The molecule has 108 valence electrons. The van der Waals surface area contributed by atoms with E-state index in [0.29, 0.717) is 19.3 Å². The lowest BCUT2D eigenvalue weighted by molar-refractivity contribution is -0.137. The average molecular weight is 262 g/mol. The van der Waals surface area contributed by atoms with Crippen molar-refractivity contribution in [3.63, 3.8) is 0 Å². The van der Waals surface area contributed by atoms with Crippen molar-refractivity contribution in [3.05, 3.63) is 0 Å². The third-order valence-corrected chi connectivity index (χ3v) is 2.19. The van der Waals surface area contributed by atoms with Gasteiger partial charge in [0, 0.05) is 12.8 Å². The third kappa shape index (κ3) is 24.2. The standard InChI is InChI=1S/C7H12O4.C5H14N2/c8-6(9)4-2-1-3-5-7(10)11;6-4-2-1-3-5-7/h1-5H2,(H,8,9)(H,10,11);1-7H2. The Morgan fingerprint density at radius 1 is 0.667 bits per heavy atom. The first-order valence-electron chi connectivity index (χ1n) is 6.38. The molecule has 0 saturated carbocycles. The number of hydrogen-bond acceptors (Lipinski definition) is 4. The van der Waals surface area contributed by atoms with Crippen molar-refractivity contribution in [1.29, 1.82) is 0 Å². The summed E-state index contributed by atoms with van der Waals surface area (Å²) in [5.74, 6) is -1.64. The summed E-state index contributed by atoms with van der Waals surface area (Å²) >= 11 is 0. The van der Waals surface area contributed by atoms with Gasteiger partial charge in [0.15, 0.2) is 0 Å². The monoisotopic (exact) mass is 262 g/mol. The molecule has 6 nitrogen and oxygen atoms in total. The molecular formula is C12H26N2O4. The molecule has 18 heavy (non-hydrogen) atoms. The summed E-state index contributed by atoms with van der Waals surface area (Å²) in [6.45, 7) is 1.61. The van der Waals surface area contributed by atoms with Crippen LogP contribution in [-0.4, -0.2) is 35.2 Å². The molecule has 0 bridgehead atoms. The number of unbranched alkanes of at least 4 members (excludes halogenated alkanes) is 4. The summed E-state index contributed by atoms with van der Waals surface area (Å²) < 4.78 is 0. The molecule has 0 atom stereocenters. The third-order valence-electron chi connectivity index (χ3n) is 2.19. The minimum absolute atomic E-state index is 0.139. The van der Waals surface area contributed by atoms with Gasteiger partial charge in [-0.2, -0.15) is 0 Å². The van der Waals surface area contributed by atoms with Crippen LogP contribution in [0.5, 0.6) is 0 Å². The van der Waals surface area contributed by atoms with E-state index in [4.69, 9.17) is 21.7 Å². The summed E-state index contributed by atoms with van der Waals surface area (Å²) in [6.07, 6.45) is 5.53. The molecule has 0 aliphatic rings. The summed E-state index contributed by atoms with van der Waals surface area (Å²) in [5.41, 5.74) is 10.5. The van der Waals surface area contributed by atoms with Crippen LogP contribution in [-0.2, 0) is 9.59 Å². The van der Waals surface area contributed by atoms with Gasteiger partial charge < -0.3 is 21.7 Å². The molecule has 0 radical (unpaired) electrons. The molecule has 0 aliphatic carbocycles. The number of carboxylic acids is 2. The average Bonchev–Trinajstić information content (AvgIpc) is 2.29. The molecule has 6 N–H and O–H groups in total. The Morgan fingerprint density at radius 3 is 1.28 bits per heavy atom. The fourth-order valence-corrected chi connectivity index (χ4v) is 1.19. The van der Waals surface area contributed by atoms with Crippen LogP contribution >= 0.6 is 0 Å². The maximum absolute atomic E-state index is 9.98. The Hall–Kier alpha value is -1.14. The van der Waals surface area contributed by atoms with Crippen LogP contribution in [0.15, 0.2) is 0 Å². The zero-order valence-electron chi connectivity index (χ0n) is 10.9. The lowest BCUT2D eigenvalue weighted by Crippen LogP contribution is -2.02. The smallest absolute Gasteiger partial charge is 0.303 e. The molecule has 0 rings (SSSR count). The van der Waals surface area contributed by atoms with Crippen molar-refractivity contribution in [2.45, 2.75) is 51.4 Å². The number of aliphatic carboxylic acids is 2. The quantitative estimate of drug-likeness (QED) is 0.438. The van der Waals surface area contributed by atoms with Crippen molar-refractivity contribution in [2.24, 2.45) is 11.5 Å². The molecule has 0 fully saturated rings. The maximum Gasteiger partial charge on any atom is 0.303 e. The van der Waals surface area contributed by atoms with E-state index < -0.39 is 11.9 Å². The Bertz CT molecular complexity index is 190. The zero-order chi connectivity index (χ0) is 14.2. The van der Waals surface area contributed by atoms with Crippen LogP contribution in [0.25, 0.3) is 0 Å². The lowest BCUT2D eigenvalue weighted by Gasteiger charge is -1.94. The molecule has 0 unspecified atom stereocenters. The van der Waals surface area contributed by atoms with Gasteiger partial charge in [-0.3, -0.25) is 9.59 Å². The van der Waals surface area contributed by atoms with Gasteiger partial charge in [-0.25, -0.2) is 0 Å². The van der Waals surface area contributed by atoms with E-state index in [0.717, 1.165) is 25.9 Å². The maximum atomic E-state index is 9.98. The lowest BCUT2D eigenvalue weighted by atomic mass is 10.1. The summed E-state index contributed by atoms with van der Waals surface area (Å²) in [5, 5.41) is 16.4. The van der Waals surface area contributed by atoms with E-state index in [9.17, 15) is 9.59 Å². The highest BCUT2D eigenvalue weighted by Gasteiger charge is 1.98. The van der Waals surface area contributed by atoms with Crippen LogP contribution < -0.4 is 11.5 Å². The van der Waals surface area contributed by atoms with Gasteiger partial charge in [-0.15, -0.1) is 0 Å². The minimum atomic E-state index is -0.819. The van der Waals surface area contributed by atoms with E-state index >= 15 is 0 Å². The minimum Gasteiger partial charge on any atom is -0.481 e. The highest BCUT2D eigenvalue weighted by molar-refractivity contribution is 5.67. The van der Waals surface area contributed by atoms with Gasteiger partial charge in [0.2, 0.25) is 0 Å². The topological polar surface area (TPSA) is 127 Å². The largest absolute Gasteiger partial charge is 0.481 e. The Balaban J connectivity index is 0. The number of rotatable bonds is 10. The molecule has 0 amide bonds. The first kappa shape index (κ1) is 19.2. The highest BCUT2D eigenvalue weighted by Crippen LogP contribution is 2.02. The normalized spacial score (nSPS) is 9.44. The van der Waals surface area contributed by atoms with Crippen LogP contribution in [0.4, 0.5) is 0 Å². The van der Waals surface area contributed by atoms with Gasteiger partial charge in [-0.1, -0.05) is 12.8 Å². The number of carboxylic acid groups (broad SMARTS) is 2. The van der Waals surface area contributed by atoms with Crippen molar-refractivity contribution >= 4 is 11.9 Å². The van der Waals surface area contributed by atoms with Gasteiger partial charge in [0.05, 0.1) is 0 Å². The molecule has 6 heteroatoms. The zero-order valence-corrected chi connectivity index (χ0v) is 10.9. The van der Waals surface area contributed by atoms with Crippen LogP contribution in [0, 0.1) is 0 Å². The Morgan fingerprint density at radius 2 is 1.00 bits per heavy atom. The molecule has 0 aromatic carbocycles. The fraction of sp³-hybridized carbons (Fsp3) is 0.833. The molecular weight excluding hydrogens is 236 g/mol. The van der Waals surface area contributed by atoms with Crippen LogP contribution in [0.1, 0.15) is 51.4 Å². The summed E-state index contributed by atoms with van der Waals surface area (Å²) in [7, 11) is 0. The van der Waals surface area contributed by atoms with Gasteiger partial charge in [-0.05, 0) is 38.8 Å². The number of nitrogens with two attached hydrogens (primary N) is 2. The second-order valence-electron chi connectivity index (χ2n) is 3.99. The van der Waals surface area contributed by atoms with Gasteiger partial charge in [0.25, 0.3) is 0 Å². The second-order valence-corrected chi connectivity index (χ2v) is 3.99. The van der Waals surface area contributed by atoms with Crippen molar-refractivity contribution < 1.29 is 19.8 Å². The first-order chi connectivity index (χ1) is 8.54. The second kappa shape index (κ2) is 15.9. The SMILES string of the molecule is NCCCCCN.O=C(O)CCCCCC(=O)O. The molecule has 0 spiro atoms. The molecule has 0 aromatic heterocycles. The van der Waals surface area contributed by atoms with E-state index in [-0.39, 0.29) is 12.8 Å². The van der Waals surface area contributed by atoms with Crippen LogP contribution in [0.2, 0.25) is 0 Å². The predicted octanol–water partition coefficient (Wildman–Crippen LogP) is 1.18. The first-order valence-corrected chi connectivity index (χ1v) is 6.38. The molecule has 0 saturated heterocycles. The number of hydrogen-bond donors (Lipinski definition) is 4. The van der Waals surface area contributed by atoms with Crippen LogP contribution in [0.3, 0.4) is 0 Å². The number of carbonyl (C=O) groups is 2. The molecule has 0 aliphatic heterocycles. The van der Waals surface area contributed by atoms with E-state index in [1.165, 1.54) is 6.42 Å². The van der Waals surface area contributed by atoms with Crippen molar-refractivity contribution in [2.75, 3.05) is 13.1 Å². The van der Waals surface area contributed by atoms with E-state index in [1.807, 2.05) is 0 Å². The Labute approximate surface area is 108 Å². The van der Waals surface area contributed by atoms with Gasteiger partial charge >= 0.3 is 11.9 Å². The van der Waals surface area contributed by atoms with E-state index in [2.05, 4.69) is 0 Å². The van der Waals surface area contributed by atoms with E-state index in [1.54, 1.807) is 0 Å². The van der Waals surface area contributed by atoms with Crippen molar-refractivity contribution in [1.82, 2.24) is 0 Å². The van der Waals surface area contributed by atoms with Gasteiger partial charge in [0.1, 0.15) is 0 Å². The Kier molecular flexibility index (Phi) is 16.9.